The second kappa shape index (κ2) is 6.11. The average molecular weight is 373 g/mol. The molecule has 1 unspecified atom stereocenters. The smallest absolute Gasteiger partial charge is 0.352 e. The lowest BCUT2D eigenvalue weighted by Crippen LogP contribution is -2.83. The maximum Gasteiger partial charge on any atom is 0.352 e. The van der Waals surface area contributed by atoms with Gasteiger partial charge in [-0.1, -0.05) is 23.1 Å². The van der Waals surface area contributed by atoms with Crippen molar-refractivity contribution in [2.45, 2.75) is 15.4 Å². The molecule has 2 amide bonds. The average Bonchev–Trinajstić information content (AvgIpc) is 3.05. The number of rotatable bonds is 6. The van der Waals surface area contributed by atoms with Crippen LogP contribution in [0.15, 0.2) is 21.1 Å². The van der Waals surface area contributed by atoms with E-state index in [1.54, 1.807) is 5.51 Å². The maximum atomic E-state index is 12.2. The van der Waals surface area contributed by atoms with Gasteiger partial charge in [0.05, 0.1) is 0 Å². The molecule has 3 heterocycles. The summed E-state index contributed by atoms with van der Waals surface area (Å²) in [6.07, 6.45) is 0.348. The van der Waals surface area contributed by atoms with E-state index in [9.17, 15) is 19.5 Å². The summed E-state index contributed by atoms with van der Waals surface area (Å²) >= 11 is 4.04. The minimum Gasteiger partial charge on any atom is -0.477 e. The highest BCUT2D eigenvalue weighted by atomic mass is 32.2. The Morgan fingerprint density at radius 3 is 3.09 bits per heavy atom. The van der Waals surface area contributed by atoms with Crippen molar-refractivity contribution in [3.63, 3.8) is 0 Å². The monoisotopic (exact) mass is 373 g/mol. The second-order valence-electron chi connectivity index (χ2n) is 4.72. The number of thioether (sulfide) groups is 2. The highest BCUT2D eigenvalue weighted by Crippen LogP contribution is 2.44. The summed E-state index contributed by atoms with van der Waals surface area (Å²) < 4.78 is 0.722. The van der Waals surface area contributed by atoms with Crippen molar-refractivity contribution in [1.82, 2.24) is 20.4 Å². The van der Waals surface area contributed by atoms with E-state index in [1.165, 1.54) is 34.9 Å². The van der Waals surface area contributed by atoms with E-state index >= 15 is 0 Å². The highest BCUT2D eigenvalue weighted by Gasteiger charge is 2.62. The predicted molar refractivity (Wildman–Crippen MR) is 84.5 cm³/mol. The maximum absolute atomic E-state index is 12.2. The number of aromatic nitrogens is 2. The molecule has 1 fully saturated rings. The van der Waals surface area contributed by atoms with Gasteiger partial charge in [0.2, 0.25) is 12.1 Å². The lowest BCUT2D eigenvalue weighted by atomic mass is 9.97. The molecule has 0 aliphatic carbocycles. The van der Waals surface area contributed by atoms with Gasteiger partial charge in [0.1, 0.15) is 16.6 Å². The van der Waals surface area contributed by atoms with E-state index < -0.39 is 22.9 Å². The topological polar surface area (TPSA) is 139 Å². The molecule has 122 valence electrons. The van der Waals surface area contributed by atoms with Crippen molar-refractivity contribution < 1.29 is 19.5 Å². The molecular weight excluding hydrogens is 362 g/mol. The van der Waals surface area contributed by atoms with E-state index in [-0.39, 0.29) is 5.70 Å². The molecule has 0 radical (unpaired) electrons. The first-order valence-electron chi connectivity index (χ1n) is 6.28. The van der Waals surface area contributed by atoms with Gasteiger partial charge in [-0.15, -0.1) is 22.0 Å². The van der Waals surface area contributed by atoms with Crippen LogP contribution in [-0.2, 0) is 14.4 Å². The zero-order valence-corrected chi connectivity index (χ0v) is 13.9. The van der Waals surface area contributed by atoms with Crippen LogP contribution < -0.4 is 11.1 Å². The Morgan fingerprint density at radius 1 is 1.70 bits per heavy atom. The molecule has 12 heteroatoms. The number of carbonyl (C=O) groups excluding carboxylic acids is 2. The van der Waals surface area contributed by atoms with Crippen LogP contribution in [0.1, 0.15) is 0 Å². The van der Waals surface area contributed by atoms with E-state index in [0.29, 0.717) is 23.5 Å². The van der Waals surface area contributed by atoms with E-state index in [1.807, 2.05) is 0 Å². The molecule has 2 aliphatic rings. The van der Waals surface area contributed by atoms with Crippen molar-refractivity contribution in [2.24, 2.45) is 5.73 Å². The number of hydrogen-bond donors (Lipinski definition) is 3. The van der Waals surface area contributed by atoms with E-state index in [4.69, 9.17) is 5.73 Å². The van der Waals surface area contributed by atoms with Crippen LogP contribution in [0, 0.1) is 0 Å². The summed E-state index contributed by atoms with van der Waals surface area (Å²) in [7, 11) is 0. The lowest BCUT2D eigenvalue weighted by molar-refractivity contribution is -0.157. The van der Waals surface area contributed by atoms with Gasteiger partial charge in [-0.05, 0) is 5.57 Å². The third-order valence-electron chi connectivity index (χ3n) is 3.40. The van der Waals surface area contributed by atoms with Gasteiger partial charge in [-0.3, -0.25) is 20.2 Å². The molecule has 9 nitrogen and oxygen atoms in total. The number of nitrogens with two attached hydrogens (primary N) is 1. The number of β-lactam (4-membered cyclic amide) rings is 1. The Kier molecular flexibility index (Phi) is 4.31. The summed E-state index contributed by atoms with van der Waals surface area (Å²) in [5.41, 5.74) is 6.46. The Balaban J connectivity index is 1.84. The van der Waals surface area contributed by atoms with Crippen LogP contribution in [0.5, 0.6) is 0 Å². The Labute approximate surface area is 142 Å². The Morgan fingerprint density at radius 2 is 2.48 bits per heavy atom. The summed E-state index contributed by atoms with van der Waals surface area (Å²) in [4.78, 5) is 35.6. The second-order valence-corrected chi connectivity index (χ2v) is 7.84. The molecule has 2 atom stereocenters. The quantitative estimate of drug-likeness (QED) is 0.255. The molecule has 3 rings (SSSR count). The molecular formula is C11H11N5O4S3. The van der Waals surface area contributed by atoms with Crippen LogP contribution in [0.25, 0.3) is 0 Å². The first-order valence-corrected chi connectivity index (χ1v) is 9.20. The molecule has 1 aromatic heterocycles. The highest BCUT2D eigenvalue weighted by molar-refractivity contribution is 8.01. The normalized spacial score (nSPS) is 26.6. The van der Waals surface area contributed by atoms with Gasteiger partial charge in [-0.25, -0.2) is 4.79 Å². The number of fused-ring (bicyclic) bond motifs is 1. The SMILES string of the molecule is NC1(NC=O)C(=O)N2C(C(=O)O)=C(CSc3nncs3)CS[C@H]21. The minimum absolute atomic E-state index is 0.0652. The molecule has 23 heavy (non-hydrogen) atoms. The summed E-state index contributed by atoms with van der Waals surface area (Å²) in [6.45, 7) is 0. The van der Waals surface area contributed by atoms with E-state index in [0.717, 1.165) is 9.24 Å². The zero-order valence-electron chi connectivity index (χ0n) is 11.5. The fraction of sp³-hybridized carbons (Fsp3) is 0.364. The summed E-state index contributed by atoms with van der Waals surface area (Å²) in [5, 5.41) is 18.7. The predicted octanol–water partition coefficient (Wildman–Crippen LogP) is -0.715. The fourth-order valence-corrected chi connectivity index (χ4v) is 5.37. The molecule has 0 saturated carbocycles. The van der Waals surface area contributed by atoms with Gasteiger partial charge in [-0.2, -0.15) is 0 Å². The third-order valence-corrected chi connectivity index (χ3v) is 6.76. The van der Waals surface area contributed by atoms with Crippen LogP contribution in [0.3, 0.4) is 0 Å². The molecule has 0 spiro atoms. The Bertz CT molecular complexity index is 694. The number of carboxylic acid groups (broad SMARTS) is 1. The number of hydrogen-bond acceptors (Lipinski definition) is 9. The van der Waals surface area contributed by atoms with Crippen LogP contribution in [-0.4, -0.2) is 61.0 Å². The first kappa shape index (κ1) is 16.2. The number of nitrogens with zero attached hydrogens (tertiary/aromatic N) is 3. The number of nitrogens with one attached hydrogen (secondary N) is 1. The number of aliphatic carboxylic acids is 1. The molecule has 2 aliphatic heterocycles. The first-order chi connectivity index (χ1) is 11.0. The van der Waals surface area contributed by atoms with Crippen LogP contribution in [0.4, 0.5) is 0 Å². The van der Waals surface area contributed by atoms with Crippen molar-refractivity contribution in [3.05, 3.63) is 16.8 Å². The van der Waals surface area contributed by atoms with Gasteiger partial charge >= 0.3 is 5.97 Å². The van der Waals surface area contributed by atoms with Crippen molar-refractivity contribution >= 4 is 53.1 Å². The minimum atomic E-state index is -1.55. The lowest BCUT2D eigenvalue weighted by Gasteiger charge is -2.54. The number of amides is 2. The van der Waals surface area contributed by atoms with Gasteiger partial charge in [0.15, 0.2) is 4.34 Å². The summed E-state index contributed by atoms with van der Waals surface area (Å²) in [6, 6.07) is 0. The standard InChI is InChI=1S/C11H11N5O4S3/c12-11(13-3-17)8(20)16-6(7(18)19)5(1-21-9(11)16)2-22-10-15-14-4-23-10/h3-4,9H,1-2,12H2,(H,13,17)(H,18,19)/t9-,11?/m0/s1. The largest absolute Gasteiger partial charge is 0.477 e. The van der Waals surface area contributed by atoms with Gasteiger partial charge in [0.25, 0.3) is 5.91 Å². The molecule has 1 saturated heterocycles. The van der Waals surface area contributed by atoms with Crippen LogP contribution in [0.2, 0.25) is 0 Å². The Hall–Kier alpha value is -1.63. The zero-order chi connectivity index (χ0) is 16.6. The fourth-order valence-electron chi connectivity index (χ4n) is 2.36. The van der Waals surface area contributed by atoms with E-state index in [2.05, 4.69) is 15.5 Å². The van der Waals surface area contributed by atoms with Gasteiger partial charge < -0.3 is 10.4 Å². The van der Waals surface area contributed by atoms with Crippen molar-refractivity contribution in [3.8, 4) is 0 Å². The molecule has 1 aromatic rings. The van der Waals surface area contributed by atoms with Crippen molar-refractivity contribution in [1.29, 1.82) is 0 Å². The summed E-state index contributed by atoms with van der Waals surface area (Å²) in [5.74, 6) is -1.03. The van der Waals surface area contributed by atoms with Gasteiger partial charge in [0, 0.05) is 11.5 Å². The van der Waals surface area contributed by atoms with Crippen LogP contribution >= 0.6 is 34.9 Å². The molecule has 0 aromatic carbocycles. The third kappa shape index (κ3) is 2.60. The molecule has 4 N–H and O–H groups in total. The van der Waals surface area contributed by atoms with Crippen molar-refractivity contribution in [2.75, 3.05) is 11.5 Å². The number of carbonyl (C=O) groups is 3. The number of carboxylic acids is 1. The molecule has 0 bridgehead atoms.